The maximum absolute atomic E-state index is 13.2. The van der Waals surface area contributed by atoms with E-state index in [1.807, 2.05) is 0 Å². The Kier molecular flexibility index (Phi) is 6.49. The van der Waals surface area contributed by atoms with E-state index in [1.54, 1.807) is 12.1 Å². The number of nitrogens with zero attached hydrogens (tertiary/aromatic N) is 1. The Morgan fingerprint density at radius 2 is 1.74 bits per heavy atom. The van der Waals surface area contributed by atoms with E-state index in [0.717, 1.165) is 12.1 Å². The number of phenols is 1. The van der Waals surface area contributed by atoms with Crippen molar-refractivity contribution in [2.24, 2.45) is 4.99 Å². The molecule has 2 aromatic carbocycles. The molecule has 2 aromatic rings. The maximum atomic E-state index is 13.2. The second-order valence-electron chi connectivity index (χ2n) is 5.57. The van der Waals surface area contributed by atoms with Gasteiger partial charge in [-0.05, 0) is 35.9 Å². The van der Waals surface area contributed by atoms with Crippen molar-refractivity contribution in [3.05, 3.63) is 58.9 Å². The molecule has 2 rings (SSSR count). The maximum Gasteiger partial charge on any atom is 0.416 e. The van der Waals surface area contributed by atoms with Crippen LogP contribution in [0.5, 0.6) is 11.5 Å². The van der Waals surface area contributed by atoms with Gasteiger partial charge in [-0.1, -0.05) is 6.07 Å². The van der Waals surface area contributed by atoms with E-state index in [0.29, 0.717) is 17.4 Å². The number of alkyl halides is 3. The molecule has 0 bridgehead atoms. The van der Waals surface area contributed by atoms with E-state index in [1.165, 1.54) is 20.2 Å². The summed E-state index contributed by atoms with van der Waals surface area (Å²) in [5.74, 6) is -0.151. The summed E-state index contributed by atoms with van der Waals surface area (Å²) in [5, 5.41) is 15.5. The Morgan fingerprint density at radius 3 is 2.33 bits per heavy atom. The minimum atomic E-state index is -4.66. The molecule has 0 aliphatic carbocycles. The summed E-state index contributed by atoms with van der Waals surface area (Å²) in [4.78, 5) is 3.93. The molecule has 0 aromatic heterocycles. The summed E-state index contributed by atoms with van der Waals surface area (Å²) in [6.45, 7) is -0.0445. The van der Waals surface area contributed by atoms with Crippen LogP contribution in [0.2, 0.25) is 0 Å². The number of rotatable bonds is 5. The van der Waals surface area contributed by atoms with Crippen molar-refractivity contribution in [3.8, 4) is 11.5 Å². The summed E-state index contributed by atoms with van der Waals surface area (Å²) in [5.41, 5.74) is -0.637. The van der Waals surface area contributed by atoms with E-state index in [2.05, 4.69) is 15.6 Å². The van der Waals surface area contributed by atoms with Gasteiger partial charge in [0.25, 0.3) is 0 Å². The number of methoxy groups -OCH3 is 1. The Balaban J connectivity index is 2.05. The number of ether oxygens (including phenoxy) is 1. The highest BCUT2D eigenvalue weighted by Crippen LogP contribution is 2.32. The molecule has 5 nitrogen and oxygen atoms in total. The van der Waals surface area contributed by atoms with E-state index in [4.69, 9.17) is 4.74 Å². The van der Waals surface area contributed by atoms with Gasteiger partial charge in [-0.3, -0.25) is 4.99 Å². The first kappa shape index (κ1) is 20.3. The van der Waals surface area contributed by atoms with Gasteiger partial charge in [-0.2, -0.15) is 13.2 Å². The topological polar surface area (TPSA) is 65.9 Å². The van der Waals surface area contributed by atoms with Gasteiger partial charge in [0.15, 0.2) is 5.96 Å². The van der Waals surface area contributed by atoms with E-state index < -0.39 is 17.6 Å². The summed E-state index contributed by atoms with van der Waals surface area (Å²) in [6.07, 6.45) is -4.66. The first-order chi connectivity index (χ1) is 12.7. The summed E-state index contributed by atoms with van der Waals surface area (Å²) in [7, 11) is 2.95. The SMILES string of the molecule is CN=C(NCc1cc(OC)ccc1O)NCc1ccc(F)cc1C(F)(F)F. The number of aromatic hydroxyl groups is 1. The van der Waals surface area contributed by atoms with Crippen LogP contribution >= 0.6 is 0 Å². The predicted molar refractivity (Wildman–Crippen MR) is 93.1 cm³/mol. The molecular weight excluding hydrogens is 366 g/mol. The van der Waals surface area contributed by atoms with Crippen LogP contribution in [-0.4, -0.2) is 25.2 Å². The van der Waals surface area contributed by atoms with Crippen molar-refractivity contribution in [3.63, 3.8) is 0 Å². The van der Waals surface area contributed by atoms with E-state index in [9.17, 15) is 22.7 Å². The number of halogens is 4. The highest BCUT2D eigenvalue weighted by atomic mass is 19.4. The lowest BCUT2D eigenvalue weighted by Crippen LogP contribution is -2.36. The zero-order valence-electron chi connectivity index (χ0n) is 14.7. The Bertz CT molecular complexity index is 823. The molecule has 0 aliphatic heterocycles. The van der Waals surface area contributed by atoms with Crippen LogP contribution < -0.4 is 15.4 Å². The molecule has 9 heteroatoms. The van der Waals surface area contributed by atoms with Crippen LogP contribution in [0.1, 0.15) is 16.7 Å². The van der Waals surface area contributed by atoms with Crippen molar-refractivity contribution in [2.75, 3.05) is 14.2 Å². The number of hydrogen-bond acceptors (Lipinski definition) is 3. The average molecular weight is 385 g/mol. The van der Waals surface area contributed by atoms with Crippen LogP contribution in [0.4, 0.5) is 17.6 Å². The Morgan fingerprint density at radius 1 is 1.07 bits per heavy atom. The molecule has 0 heterocycles. The van der Waals surface area contributed by atoms with Gasteiger partial charge in [0, 0.05) is 25.7 Å². The minimum absolute atomic E-state index is 0.0386. The quantitative estimate of drug-likeness (QED) is 0.419. The van der Waals surface area contributed by atoms with Crippen LogP contribution in [0, 0.1) is 5.82 Å². The first-order valence-electron chi connectivity index (χ1n) is 7.90. The summed E-state index contributed by atoms with van der Waals surface area (Å²) < 4.78 is 57.4. The monoisotopic (exact) mass is 385 g/mol. The Hall–Kier alpha value is -2.97. The number of hydrogen-bond donors (Lipinski definition) is 3. The molecule has 27 heavy (non-hydrogen) atoms. The lowest BCUT2D eigenvalue weighted by atomic mass is 10.1. The predicted octanol–water partition coefficient (Wildman–Crippen LogP) is 3.42. The molecule has 0 atom stereocenters. The van der Waals surface area contributed by atoms with Crippen molar-refractivity contribution in [2.45, 2.75) is 19.3 Å². The number of guanidine groups is 1. The third-order valence-corrected chi connectivity index (χ3v) is 3.78. The molecule has 3 N–H and O–H groups in total. The zero-order chi connectivity index (χ0) is 20.0. The second kappa shape index (κ2) is 8.61. The number of aliphatic imine (C=N–C) groups is 1. The third kappa shape index (κ3) is 5.50. The van der Waals surface area contributed by atoms with Crippen molar-refractivity contribution >= 4 is 5.96 Å². The van der Waals surface area contributed by atoms with Crippen LogP contribution in [-0.2, 0) is 19.3 Å². The molecule has 0 saturated carbocycles. The lowest BCUT2D eigenvalue weighted by molar-refractivity contribution is -0.138. The lowest BCUT2D eigenvalue weighted by Gasteiger charge is -2.16. The standard InChI is InChI=1S/C18H19F4N3O2/c1-23-17(25-10-12-7-14(27-2)5-6-16(12)26)24-9-11-3-4-13(19)8-15(11)18(20,21)22/h3-8,26H,9-10H2,1-2H3,(H2,23,24,25). The van der Waals surface area contributed by atoms with Gasteiger partial charge < -0.3 is 20.5 Å². The smallest absolute Gasteiger partial charge is 0.416 e. The fourth-order valence-corrected chi connectivity index (χ4v) is 2.38. The molecular formula is C18H19F4N3O2. The molecule has 146 valence electrons. The fourth-order valence-electron chi connectivity index (χ4n) is 2.38. The minimum Gasteiger partial charge on any atom is -0.508 e. The average Bonchev–Trinajstić information content (AvgIpc) is 2.63. The van der Waals surface area contributed by atoms with Crippen molar-refractivity contribution in [1.82, 2.24) is 10.6 Å². The molecule has 0 aliphatic rings. The van der Waals surface area contributed by atoms with E-state index in [-0.39, 0.29) is 30.4 Å². The molecule has 0 radical (unpaired) electrons. The summed E-state index contributed by atoms with van der Waals surface area (Å²) >= 11 is 0. The highest BCUT2D eigenvalue weighted by Gasteiger charge is 2.33. The summed E-state index contributed by atoms with van der Waals surface area (Å²) in [6, 6.07) is 7.20. The second-order valence-corrected chi connectivity index (χ2v) is 5.57. The van der Waals surface area contributed by atoms with Gasteiger partial charge in [-0.15, -0.1) is 0 Å². The van der Waals surface area contributed by atoms with Gasteiger partial charge in [0.2, 0.25) is 0 Å². The molecule has 0 unspecified atom stereocenters. The largest absolute Gasteiger partial charge is 0.508 e. The van der Waals surface area contributed by atoms with Gasteiger partial charge in [0.05, 0.1) is 12.7 Å². The normalized spacial score (nSPS) is 12.0. The van der Waals surface area contributed by atoms with Crippen molar-refractivity contribution < 1.29 is 27.4 Å². The zero-order valence-corrected chi connectivity index (χ0v) is 14.7. The first-order valence-corrected chi connectivity index (χ1v) is 7.90. The fraction of sp³-hybridized carbons (Fsp3) is 0.278. The van der Waals surface area contributed by atoms with Gasteiger partial charge in [0.1, 0.15) is 17.3 Å². The number of nitrogens with one attached hydrogen (secondary N) is 2. The molecule has 0 amide bonds. The molecule has 0 spiro atoms. The van der Waals surface area contributed by atoms with Crippen molar-refractivity contribution in [1.29, 1.82) is 0 Å². The van der Waals surface area contributed by atoms with Crippen LogP contribution in [0.3, 0.4) is 0 Å². The third-order valence-electron chi connectivity index (χ3n) is 3.78. The van der Waals surface area contributed by atoms with Crippen LogP contribution in [0.15, 0.2) is 41.4 Å². The number of phenolic OH excluding ortho intramolecular Hbond substituents is 1. The number of benzene rings is 2. The molecule has 0 saturated heterocycles. The van der Waals surface area contributed by atoms with Gasteiger partial charge in [-0.25, -0.2) is 4.39 Å². The highest BCUT2D eigenvalue weighted by molar-refractivity contribution is 5.79. The molecule has 0 fully saturated rings. The Labute approximate surface area is 153 Å². The van der Waals surface area contributed by atoms with Gasteiger partial charge >= 0.3 is 6.18 Å². The van der Waals surface area contributed by atoms with E-state index >= 15 is 0 Å². The van der Waals surface area contributed by atoms with Crippen LogP contribution in [0.25, 0.3) is 0 Å².